The second-order valence-corrected chi connectivity index (χ2v) is 4.67. The average molecular weight is 329 g/mol. The number of hydrogen-bond donors (Lipinski definition) is 1. The molecule has 2 aromatic carbocycles. The Labute approximate surface area is 137 Å². The standard InChI is InChI=1S/C16H15N3O5/c1-11(20)16(18-17-12-3-7-14(23-2)8-4-12)24-15-9-5-13(6-10-15)19(21)22/h3-10,17H,1-2H3/b18-16+. The van der Waals surface area contributed by atoms with Gasteiger partial charge < -0.3 is 9.47 Å². The van der Waals surface area contributed by atoms with Crippen molar-refractivity contribution in [3.63, 3.8) is 0 Å². The van der Waals surface area contributed by atoms with E-state index < -0.39 is 10.7 Å². The number of anilines is 1. The van der Waals surface area contributed by atoms with Gasteiger partial charge in [-0.3, -0.25) is 20.3 Å². The maximum atomic E-state index is 11.6. The Hall–Kier alpha value is -3.42. The lowest BCUT2D eigenvalue weighted by Gasteiger charge is -2.07. The number of nitro groups is 1. The number of carbonyl (C=O) groups excluding carboxylic acids is 1. The monoisotopic (exact) mass is 329 g/mol. The molecule has 0 aliphatic carbocycles. The van der Waals surface area contributed by atoms with Gasteiger partial charge in [0.15, 0.2) is 0 Å². The van der Waals surface area contributed by atoms with E-state index in [0.717, 1.165) is 0 Å². The van der Waals surface area contributed by atoms with Crippen LogP contribution in [0.2, 0.25) is 0 Å². The van der Waals surface area contributed by atoms with Crippen molar-refractivity contribution in [3.8, 4) is 11.5 Å². The van der Waals surface area contributed by atoms with Crippen molar-refractivity contribution in [1.82, 2.24) is 0 Å². The Morgan fingerprint density at radius 2 is 1.67 bits per heavy atom. The molecular formula is C16H15N3O5. The molecule has 0 fully saturated rings. The van der Waals surface area contributed by atoms with Crippen molar-refractivity contribution in [2.75, 3.05) is 12.5 Å². The highest BCUT2D eigenvalue weighted by molar-refractivity contribution is 6.36. The zero-order valence-corrected chi connectivity index (χ0v) is 13.1. The minimum absolute atomic E-state index is 0.0694. The molecule has 124 valence electrons. The van der Waals surface area contributed by atoms with Crippen LogP contribution in [0.1, 0.15) is 6.92 Å². The van der Waals surface area contributed by atoms with Crippen LogP contribution in [0.5, 0.6) is 11.5 Å². The second-order valence-electron chi connectivity index (χ2n) is 4.67. The normalized spacial score (nSPS) is 10.8. The van der Waals surface area contributed by atoms with Crippen molar-refractivity contribution in [2.45, 2.75) is 6.92 Å². The van der Waals surface area contributed by atoms with E-state index >= 15 is 0 Å². The van der Waals surface area contributed by atoms with E-state index in [4.69, 9.17) is 9.47 Å². The Kier molecular flexibility index (Phi) is 5.45. The summed E-state index contributed by atoms with van der Waals surface area (Å²) in [4.78, 5) is 21.7. The van der Waals surface area contributed by atoms with Crippen LogP contribution in [-0.4, -0.2) is 23.7 Å². The highest BCUT2D eigenvalue weighted by Gasteiger charge is 2.11. The zero-order valence-electron chi connectivity index (χ0n) is 13.1. The summed E-state index contributed by atoms with van der Waals surface area (Å²) in [7, 11) is 1.56. The fraction of sp³-hybridized carbons (Fsp3) is 0.125. The summed E-state index contributed by atoms with van der Waals surface area (Å²) in [6.45, 7) is 1.31. The first-order valence-electron chi connectivity index (χ1n) is 6.90. The molecule has 2 aromatic rings. The number of rotatable bonds is 6. The number of Topliss-reactive ketones (excluding diaryl/α,β-unsaturated/α-hetero) is 1. The third kappa shape index (κ3) is 4.54. The minimum Gasteiger partial charge on any atom is -0.497 e. The molecule has 8 nitrogen and oxygen atoms in total. The van der Waals surface area contributed by atoms with Crippen LogP contribution in [0.3, 0.4) is 0 Å². The molecule has 8 heteroatoms. The van der Waals surface area contributed by atoms with E-state index in [9.17, 15) is 14.9 Å². The Morgan fingerprint density at radius 1 is 1.08 bits per heavy atom. The van der Waals surface area contributed by atoms with Gasteiger partial charge in [-0.25, -0.2) is 0 Å². The lowest BCUT2D eigenvalue weighted by atomic mass is 10.3. The number of nitro benzene ring substituents is 1. The zero-order chi connectivity index (χ0) is 17.5. The molecule has 0 aromatic heterocycles. The summed E-state index contributed by atoms with van der Waals surface area (Å²) >= 11 is 0. The minimum atomic E-state index is -0.519. The SMILES string of the molecule is COc1ccc(N/N=C(/Oc2ccc([N+](=O)[O-])cc2)C(C)=O)cc1. The number of ketones is 1. The summed E-state index contributed by atoms with van der Waals surface area (Å²) in [6, 6.07) is 12.3. The molecular weight excluding hydrogens is 314 g/mol. The van der Waals surface area contributed by atoms with Crippen LogP contribution in [0.15, 0.2) is 53.6 Å². The van der Waals surface area contributed by atoms with Crippen molar-refractivity contribution < 1.29 is 19.2 Å². The topological polar surface area (TPSA) is 103 Å². The predicted octanol–water partition coefficient (Wildman–Crippen LogP) is 3.00. The van der Waals surface area contributed by atoms with Crippen molar-refractivity contribution in [2.24, 2.45) is 5.10 Å². The van der Waals surface area contributed by atoms with E-state index in [0.29, 0.717) is 11.4 Å². The van der Waals surface area contributed by atoms with Crippen molar-refractivity contribution in [3.05, 3.63) is 58.6 Å². The number of benzene rings is 2. The van der Waals surface area contributed by atoms with Gasteiger partial charge in [-0.05, 0) is 36.4 Å². The van der Waals surface area contributed by atoms with Crippen LogP contribution < -0.4 is 14.9 Å². The maximum Gasteiger partial charge on any atom is 0.280 e. The highest BCUT2D eigenvalue weighted by Crippen LogP contribution is 2.18. The average Bonchev–Trinajstić information content (AvgIpc) is 2.59. The van der Waals surface area contributed by atoms with Gasteiger partial charge in [0.1, 0.15) is 11.5 Å². The Bertz CT molecular complexity index is 754. The van der Waals surface area contributed by atoms with E-state index in [1.807, 2.05) is 0 Å². The van der Waals surface area contributed by atoms with Gasteiger partial charge in [-0.15, -0.1) is 5.10 Å². The number of methoxy groups -OCH3 is 1. The molecule has 0 spiro atoms. The first kappa shape index (κ1) is 16.9. The summed E-state index contributed by atoms with van der Waals surface area (Å²) in [5, 5.41) is 14.5. The molecule has 0 heterocycles. The quantitative estimate of drug-likeness (QED) is 0.378. The molecule has 0 unspecified atom stereocenters. The van der Waals surface area contributed by atoms with Crippen molar-refractivity contribution in [1.29, 1.82) is 0 Å². The molecule has 0 bridgehead atoms. The summed E-state index contributed by atoms with van der Waals surface area (Å²) in [5.74, 6) is 0.401. The number of hydrogen-bond acceptors (Lipinski definition) is 7. The molecule has 0 aliphatic heterocycles. The highest BCUT2D eigenvalue weighted by atomic mass is 16.6. The lowest BCUT2D eigenvalue weighted by molar-refractivity contribution is -0.384. The molecule has 0 aliphatic rings. The van der Waals surface area contributed by atoms with Crippen LogP contribution in [0, 0.1) is 10.1 Å². The Balaban J connectivity index is 2.10. The van der Waals surface area contributed by atoms with Gasteiger partial charge in [0.05, 0.1) is 17.7 Å². The van der Waals surface area contributed by atoms with Gasteiger partial charge in [0, 0.05) is 19.1 Å². The molecule has 0 amide bonds. The lowest BCUT2D eigenvalue weighted by Crippen LogP contribution is -2.19. The van der Waals surface area contributed by atoms with Gasteiger partial charge in [0.2, 0.25) is 5.78 Å². The third-order valence-electron chi connectivity index (χ3n) is 2.94. The molecule has 2 rings (SSSR count). The summed E-state index contributed by atoms with van der Waals surface area (Å²) in [6.07, 6.45) is 0. The van der Waals surface area contributed by atoms with E-state index in [2.05, 4.69) is 10.5 Å². The van der Waals surface area contributed by atoms with E-state index in [-0.39, 0.29) is 17.3 Å². The number of carbonyl (C=O) groups is 1. The molecule has 0 saturated heterocycles. The van der Waals surface area contributed by atoms with E-state index in [1.165, 1.54) is 31.2 Å². The smallest absolute Gasteiger partial charge is 0.280 e. The van der Waals surface area contributed by atoms with Crippen LogP contribution in [0.4, 0.5) is 11.4 Å². The van der Waals surface area contributed by atoms with Crippen LogP contribution >= 0.6 is 0 Å². The van der Waals surface area contributed by atoms with E-state index in [1.54, 1.807) is 31.4 Å². The number of nitrogens with one attached hydrogen (secondary N) is 1. The summed E-state index contributed by atoms with van der Waals surface area (Å²) in [5.41, 5.74) is 3.28. The number of nitrogens with zero attached hydrogens (tertiary/aromatic N) is 2. The first-order valence-corrected chi connectivity index (χ1v) is 6.90. The third-order valence-corrected chi connectivity index (χ3v) is 2.94. The fourth-order valence-corrected chi connectivity index (χ4v) is 1.70. The maximum absolute atomic E-state index is 11.6. The Morgan fingerprint density at radius 3 is 2.17 bits per heavy atom. The molecule has 0 radical (unpaired) electrons. The number of non-ortho nitro benzene ring substituents is 1. The molecule has 0 atom stereocenters. The van der Waals surface area contributed by atoms with Crippen LogP contribution in [0.25, 0.3) is 0 Å². The van der Waals surface area contributed by atoms with Gasteiger partial charge >= 0.3 is 0 Å². The second kappa shape index (κ2) is 7.73. The van der Waals surface area contributed by atoms with Gasteiger partial charge in [-0.1, -0.05) is 0 Å². The van der Waals surface area contributed by atoms with Crippen molar-refractivity contribution >= 4 is 23.1 Å². The van der Waals surface area contributed by atoms with Gasteiger partial charge in [0.25, 0.3) is 11.6 Å². The molecule has 0 saturated carbocycles. The number of hydrazone groups is 1. The van der Waals surface area contributed by atoms with Gasteiger partial charge in [-0.2, -0.15) is 0 Å². The largest absolute Gasteiger partial charge is 0.497 e. The first-order chi connectivity index (χ1) is 11.5. The fourth-order valence-electron chi connectivity index (χ4n) is 1.70. The number of ether oxygens (including phenoxy) is 2. The van der Waals surface area contributed by atoms with Crippen LogP contribution in [-0.2, 0) is 4.79 Å². The summed E-state index contributed by atoms with van der Waals surface area (Å²) < 4.78 is 10.4. The predicted molar refractivity (Wildman–Crippen MR) is 88.5 cm³/mol. The molecule has 24 heavy (non-hydrogen) atoms. The molecule has 1 N–H and O–H groups in total.